The molecule has 0 radical (unpaired) electrons. The molecular weight excluding hydrogens is 336 g/mol. The van der Waals surface area contributed by atoms with Gasteiger partial charge in [-0.3, -0.25) is 4.79 Å². The minimum absolute atomic E-state index is 0.0706. The zero-order chi connectivity index (χ0) is 14.6. The Kier molecular flexibility index (Phi) is 5.48. The summed E-state index contributed by atoms with van der Waals surface area (Å²) in [5.74, 6) is -0.386. The molecule has 1 aromatic carbocycles. The fourth-order valence-electron chi connectivity index (χ4n) is 1.45. The molecule has 19 heavy (non-hydrogen) atoms. The van der Waals surface area contributed by atoms with Gasteiger partial charge in [0.05, 0.1) is 11.5 Å². The molecule has 1 rings (SSSR count). The van der Waals surface area contributed by atoms with Crippen molar-refractivity contribution in [2.45, 2.75) is 11.8 Å². The number of halogens is 1. The third-order valence-electron chi connectivity index (χ3n) is 2.46. The van der Waals surface area contributed by atoms with Crippen molar-refractivity contribution < 1.29 is 17.9 Å². The number of rotatable bonds is 5. The molecular formula is C11H15BrN2O4S. The van der Waals surface area contributed by atoms with E-state index in [1.807, 2.05) is 0 Å². The van der Waals surface area contributed by atoms with Gasteiger partial charge in [-0.25, -0.2) is 13.6 Å². The summed E-state index contributed by atoms with van der Waals surface area (Å²) in [6, 6.07) is 2.81. The van der Waals surface area contributed by atoms with Crippen molar-refractivity contribution >= 4 is 31.9 Å². The molecule has 0 heterocycles. The van der Waals surface area contributed by atoms with E-state index < -0.39 is 10.0 Å². The lowest BCUT2D eigenvalue weighted by Gasteiger charge is -2.10. The van der Waals surface area contributed by atoms with Crippen LogP contribution in [0.2, 0.25) is 0 Å². The van der Waals surface area contributed by atoms with Gasteiger partial charge in [-0.2, -0.15) is 0 Å². The highest BCUT2D eigenvalue weighted by Gasteiger charge is 2.17. The van der Waals surface area contributed by atoms with Crippen molar-refractivity contribution in [3.05, 3.63) is 27.7 Å². The van der Waals surface area contributed by atoms with Gasteiger partial charge in [-0.1, -0.05) is 15.9 Å². The summed E-state index contributed by atoms with van der Waals surface area (Å²) < 4.78 is 28.2. The minimum atomic E-state index is -3.87. The SMILES string of the molecule is COCCNC(=O)c1cc(Br)c(C)c(S(N)(=O)=O)c1. The molecule has 0 spiro atoms. The first-order valence-corrected chi connectivity index (χ1v) is 7.71. The Balaban J connectivity index is 3.11. The Labute approximate surface area is 120 Å². The van der Waals surface area contributed by atoms with Gasteiger partial charge in [0.1, 0.15) is 0 Å². The van der Waals surface area contributed by atoms with Crippen molar-refractivity contribution in [1.29, 1.82) is 0 Å². The second kappa shape index (κ2) is 6.47. The maximum absolute atomic E-state index is 11.8. The number of nitrogens with one attached hydrogen (secondary N) is 1. The molecule has 1 aromatic rings. The molecule has 0 bridgehead atoms. The third kappa shape index (κ3) is 4.27. The molecule has 0 aliphatic carbocycles. The van der Waals surface area contributed by atoms with Crippen LogP contribution < -0.4 is 10.5 Å². The van der Waals surface area contributed by atoms with Gasteiger partial charge in [-0.15, -0.1) is 0 Å². The maximum atomic E-state index is 11.8. The lowest BCUT2D eigenvalue weighted by molar-refractivity contribution is 0.0937. The van der Waals surface area contributed by atoms with Crippen molar-refractivity contribution in [3.8, 4) is 0 Å². The maximum Gasteiger partial charge on any atom is 0.251 e. The zero-order valence-corrected chi connectivity index (χ0v) is 13.0. The summed E-state index contributed by atoms with van der Waals surface area (Å²) in [5, 5.41) is 7.72. The van der Waals surface area contributed by atoms with E-state index in [1.165, 1.54) is 13.2 Å². The van der Waals surface area contributed by atoms with E-state index in [2.05, 4.69) is 21.2 Å². The van der Waals surface area contributed by atoms with Crippen molar-refractivity contribution in [2.75, 3.05) is 20.3 Å². The van der Waals surface area contributed by atoms with Crippen molar-refractivity contribution in [3.63, 3.8) is 0 Å². The first kappa shape index (κ1) is 16.1. The van der Waals surface area contributed by atoms with Crippen LogP contribution in [0.1, 0.15) is 15.9 Å². The van der Waals surface area contributed by atoms with Crippen LogP contribution >= 0.6 is 15.9 Å². The molecule has 0 fully saturated rings. The molecule has 6 nitrogen and oxygen atoms in total. The quantitative estimate of drug-likeness (QED) is 0.766. The second-order valence-corrected chi connectivity index (χ2v) is 6.26. The molecule has 0 aromatic heterocycles. The number of hydrogen-bond acceptors (Lipinski definition) is 4. The highest BCUT2D eigenvalue weighted by molar-refractivity contribution is 9.10. The van der Waals surface area contributed by atoms with Crippen molar-refractivity contribution in [1.82, 2.24) is 5.32 Å². The predicted octanol–water partition coefficient (Wildman–Crippen LogP) is 0.781. The molecule has 0 aliphatic rings. The Morgan fingerprint density at radius 1 is 1.47 bits per heavy atom. The number of sulfonamides is 1. The number of nitrogens with two attached hydrogens (primary N) is 1. The predicted molar refractivity (Wildman–Crippen MR) is 74.5 cm³/mol. The van der Waals surface area contributed by atoms with E-state index in [-0.39, 0.29) is 16.4 Å². The summed E-state index contributed by atoms with van der Waals surface area (Å²) in [4.78, 5) is 11.8. The molecule has 1 amide bonds. The van der Waals surface area contributed by atoms with Gasteiger partial charge >= 0.3 is 0 Å². The van der Waals surface area contributed by atoms with Crippen LogP contribution in [-0.4, -0.2) is 34.6 Å². The van der Waals surface area contributed by atoms with Crippen LogP contribution in [0.15, 0.2) is 21.5 Å². The molecule has 0 atom stereocenters. The average molecular weight is 351 g/mol. The standard InChI is InChI=1S/C11H15BrN2O4S/c1-7-9(12)5-8(6-10(7)19(13,16)17)11(15)14-3-4-18-2/h5-6H,3-4H2,1-2H3,(H,14,15)(H2,13,16,17). The zero-order valence-electron chi connectivity index (χ0n) is 10.6. The molecule has 0 unspecified atom stereocenters. The number of benzene rings is 1. The summed E-state index contributed by atoms with van der Waals surface area (Å²) in [6.45, 7) is 2.32. The average Bonchev–Trinajstić information content (AvgIpc) is 2.31. The molecule has 8 heteroatoms. The van der Waals surface area contributed by atoms with Gasteiger partial charge in [-0.05, 0) is 24.6 Å². The summed E-state index contributed by atoms with van der Waals surface area (Å²) in [5.41, 5.74) is 0.688. The first-order chi connectivity index (χ1) is 8.77. The van der Waals surface area contributed by atoms with Crippen LogP contribution in [0, 0.1) is 6.92 Å². The van der Waals surface area contributed by atoms with Gasteiger partial charge < -0.3 is 10.1 Å². The summed E-state index contributed by atoms with van der Waals surface area (Å²) >= 11 is 3.21. The van der Waals surface area contributed by atoms with Crippen LogP contribution in [0.3, 0.4) is 0 Å². The van der Waals surface area contributed by atoms with Crippen LogP contribution in [0.5, 0.6) is 0 Å². The van der Waals surface area contributed by atoms with E-state index in [4.69, 9.17) is 9.88 Å². The molecule has 0 saturated carbocycles. The van der Waals surface area contributed by atoms with Gasteiger partial charge in [0.25, 0.3) is 5.91 Å². The number of methoxy groups -OCH3 is 1. The first-order valence-electron chi connectivity index (χ1n) is 5.37. The summed E-state index contributed by atoms with van der Waals surface area (Å²) in [6.07, 6.45) is 0. The Hall–Kier alpha value is -0.960. The Morgan fingerprint density at radius 3 is 2.63 bits per heavy atom. The Bertz CT molecular complexity index is 587. The Morgan fingerprint density at radius 2 is 2.11 bits per heavy atom. The third-order valence-corrected chi connectivity index (χ3v) is 4.32. The van der Waals surface area contributed by atoms with E-state index in [9.17, 15) is 13.2 Å². The molecule has 3 N–H and O–H groups in total. The van der Waals surface area contributed by atoms with Gasteiger partial charge in [0, 0.05) is 23.7 Å². The van der Waals surface area contributed by atoms with E-state index in [0.717, 1.165) is 0 Å². The monoisotopic (exact) mass is 350 g/mol. The second-order valence-electron chi connectivity index (χ2n) is 3.87. The van der Waals surface area contributed by atoms with E-state index in [0.29, 0.717) is 23.2 Å². The fourth-order valence-corrected chi connectivity index (χ4v) is 2.87. The topological polar surface area (TPSA) is 98.5 Å². The normalized spacial score (nSPS) is 11.4. The summed E-state index contributed by atoms with van der Waals surface area (Å²) in [7, 11) is -2.35. The number of primary sulfonamides is 1. The number of hydrogen-bond donors (Lipinski definition) is 2. The number of carbonyl (C=O) groups is 1. The highest BCUT2D eigenvalue weighted by atomic mass is 79.9. The van der Waals surface area contributed by atoms with Crippen LogP contribution in [0.4, 0.5) is 0 Å². The smallest absolute Gasteiger partial charge is 0.251 e. The van der Waals surface area contributed by atoms with Crippen molar-refractivity contribution in [2.24, 2.45) is 5.14 Å². The van der Waals surface area contributed by atoms with Crippen LogP contribution in [0.25, 0.3) is 0 Å². The largest absolute Gasteiger partial charge is 0.383 e. The van der Waals surface area contributed by atoms with E-state index in [1.54, 1.807) is 13.0 Å². The number of amides is 1. The molecule has 0 saturated heterocycles. The van der Waals surface area contributed by atoms with Crippen LogP contribution in [-0.2, 0) is 14.8 Å². The number of carbonyl (C=O) groups excluding carboxylic acids is 1. The highest BCUT2D eigenvalue weighted by Crippen LogP contribution is 2.25. The van der Waals surface area contributed by atoms with E-state index >= 15 is 0 Å². The molecule has 106 valence electrons. The lowest BCUT2D eigenvalue weighted by atomic mass is 10.1. The fraction of sp³-hybridized carbons (Fsp3) is 0.364. The van der Waals surface area contributed by atoms with Gasteiger partial charge in [0.2, 0.25) is 10.0 Å². The lowest BCUT2D eigenvalue weighted by Crippen LogP contribution is -2.27. The number of ether oxygens (including phenoxy) is 1. The molecule has 0 aliphatic heterocycles. The minimum Gasteiger partial charge on any atom is -0.383 e. The van der Waals surface area contributed by atoms with Gasteiger partial charge in [0.15, 0.2) is 0 Å².